The number of rotatable bonds is 9. The van der Waals surface area contributed by atoms with Gasteiger partial charge in [0.1, 0.15) is 18.0 Å². The Hall–Kier alpha value is -4.21. The van der Waals surface area contributed by atoms with E-state index >= 15 is 0 Å². The van der Waals surface area contributed by atoms with Crippen LogP contribution in [0.1, 0.15) is 58.2 Å². The number of aromatic carboxylic acids is 1. The summed E-state index contributed by atoms with van der Waals surface area (Å²) < 4.78 is 19.7. The number of aromatic nitrogens is 3. The first-order valence-corrected chi connectivity index (χ1v) is 14.6. The average molecular weight is 567 g/mol. The standard InChI is InChI=1S/C33H34N4O5/c1-21-5-6-24(32-26(21)12-16-41-32)20-42-31-4-2-3-27(35-31)22-9-13-36(14-10-22)19-30-34-28-8-7-23(33(38)39)17-29(28)37(30)18-25-11-15-40-25/h2-8,12,16-17,22,25H,9-11,13-15,18-20H2,1H3,(H,38,39)/t25-/m0/s1. The number of carboxylic acids is 1. The number of likely N-dealkylation sites (tertiary alicyclic amines) is 1. The number of ether oxygens (including phenoxy) is 2. The van der Waals surface area contributed by atoms with Gasteiger partial charge in [0.25, 0.3) is 0 Å². The molecule has 1 atom stereocenters. The van der Waals surface area contributed by atoms with Crippen LogP contribution in [-0.2, 0) is 24.4 Å². The van der Waals surface area contributed by atoms with Gasteiger partial charge in [-0.15, -0.1) is 0 Å². The smallest absolute Gasteiger partial charge is 0.335 e. The molecule has 3 aromatic heterocycles. The van der Waals surface area contributed by atoms with Crippen molar-refractivity contribution < 1.29 is 23.8 Å². The van der Waals surface area contributed by atoms with Crippen LogP contribution in [0, 0.1) is 6.92 Å². The van der Waals surface area contributed by atoms with Crippen molar-refractivity contribution in [1.82, 2.24) is 19.4 Å². The highest BCUT2D eigenvalue weighted by atomic mass is 16.5. The van der Waals surface area contributed by atoms with Crippen molar-refractivity contribution in [1.29, 1.82) is 0 Å². The van der Waals surface area contributed by atoms with Gasteiger partial charge in [-0.3, -0.25) is 4.90 Å². The third kappa shape index (κ3) is 5.26. The molecule has 1 N–H and O–H groups in total. The van der Waals surface area contributed by atoms with E-state index in [1.807, 2.05) is 24.3 Å². The van der Waals surface area contributed by atoms with Gasteiger partial charge in [0.15, 0.2) is 0 Å². The minimum atomic E-state index is -0.929. The maximum absolute atomic E-state index is 11.6. The fraction of sp³-hybridized carbons (Fsp3) is 0.364. The molecule has 216 valence electrons. The molecule has 9 heteroatoms. The summed E-state index contributed by atoms with van der Waals surface area (Å²) in [5, 5.41) is 10.6. The quantitative estimate of drug-likeness (QED) is 0.234. The number of imidazole rings is 1. The van der Waals surface area contributed by atoms with Crippen LogP contribution in [0.15, 0.2) is 65.3 Å². The molecular formula is C33H34N4O5. The molecule has 0 radical (unpaired) electrons. The number of benzene rings is 2. The second-order valence-electron chi connectivity index (χ2n) is 11.4. The van der Waals surface area contributed by atoms with Crippen molar-refractivity contribution in [2.24, 2.45) is 0 Å². The van der Waals surface area contributed by atoms with Gasteiger partial charge in [-0.25, -0.2) is 14.8 Å². The van der Waals surface area contributed by atoms with Crippen molar-refractivity contribution in [2.75, 3.05) is 19.7 Å². The van der Waals surface area contributed by atoms with Crippen LogP contribution >= 0.6 is 0 Å². The van der Waals surface area contributed by atoms with Crippen LogP contribution in [0.4, 0.5) is 0 Å². The number of piperidine rings is 1. The van der Waals surface area contributed by atoms with Gasteiger partial charge in [0, 0.05) is 35.2 Å². The first-order chi connectivity index (χ1) is 20.5. The molecule has 2 fully saturated rings. The SMILES string of the molecule is Cc1ccc(COc2cccc(C3CCN(Cc4nc5ccc(C(=O)O)cc5n4C[C@@H]4CCO4)CC3)n2)c2occc12. The Bertz CT molecular complexity index is 1750. The Morgan fingerprint density at radius 1 is 1.07 bits per heavy atom. The maximum Gasteiger partial charge on any atom is 0.335 e. The molecule has 2 saturated heterocycles. The van der Waals surface area contributed by atoms with Crippen LogP contribution in [-0.4, -0.2) is 56.3 Å². The van der Waals surface area contributed by atoms with Crippen LogP contribution in [0.5, 0.6) is 5.88 Å². The van der Waals surface area contributed by atoms with E-state index in [9.17, 15) is 9.90 Å². The molecule has 9 nitrogen and oxygen atoms in total. The van der Waals surface area contributed by atoms with Crippen LogP contribution in [0.3, 0.4) is 0 Å². The van der Waals surface area contributed by atoms with Crippen molar-refractivity contribution in [3.05, 3.63) is 89.1 Å². The van der Waals surface area contributed by atoms with Gasteiger partial charge in [-0.1, -0.05) is 18.2 Å². The molecule has 5 heterocycles. The van der Waals surface area contributed by atoms with Crippen LogP contribution < -0.4 is 4.74 Å². The van der Waals surface area contributed by atoms with E-state index in [2.05, 4.69) is 34.6 Å². The monoisotopic (exact) mass is 566 g/mol. The predicted molar refractivity (Wildman–Crippen MR) is 158 cm³/mol. The molecule has 42 heavy (non-hydrogen) atoms. The van der Waals surface area contributed by atoms with E-state index in [4.69, 9.17) is 23.9 Å². The maximum atomic E-state index is 11.6. The number of pyridine rings is 1. The van der Waals surface area contributed by atoms with Crippen molar-refractivity contribution in [2.45, 2.75) is 57.9 Å². The van der Waals surface area contributed by atoms with E-state index in [1.165, 1.54) is 5.56 Å². The lowest BCUT2D eigenvalue weighted by Gasteiger charge is -2.32. The number of hydrogen-bond acceptors (Lipinski definition) is 7. The highest BCUT2D eigenvalue weighted by Crippen LogP contribution is 2.30. The lowest BCUT2D eigenvalue weighted by molar-refractivity contribution is -0.0592. The summed E-state index contributed by atoms with van der Waals surface area (Å²) >= 11 is 0. The first-order valence-electron chi connectivity index (χ1n) is 14.6. The molecule has 0 aliphatic carbocycles. The fourth-order valence-corrected chi connectivity index (χ4v) is 6.11. The van der Waals surface area contributed by atoms with E-state index in [-0.39, 0.29) is 11.7 Å². The third-order valence-electron chi connectivity index (χ3n) is 8.66. The Kier molecular flexibility index (Phi) is 7.13. The first kappa shape index (κ1) is 26.7. The second-order valence-corrected chi connectivity index (χ2v) is 11.4. The number of fused-ring (bicyclic) bond motifs is 2. The Labute approximate surface area is 243 Å². The molecule has 0 amide bonds. The van der Waals surface area contributed by atoms with Crippen molar-refractivity contribution in [3.63, 3.8) is 0 Å². The van der Waals surface area contributed by atoms with E-state index in [0.29, 0.717) is 31.5 Å². The summed E-state index contributed by atoms with van der Waals surface area (Å²) in [5.74, 6) is 1.02. The summed E-state index contributed by atoms with van der Waals surface area (Å²) in [6.45, 7) is 6.53. The molecule has 2 aliphatic rings. The molecule has 0 unspecified atom stereocenters. The van der Waals surface area contributed by atoms with Crippen molar-refractivity contribution in [3.8, 4) is 5.88 Å². The third-order valence-corrected chi connectivity index (χ3v) is 8.66. The Morgan fingerprint density at radius 3 is 2.71 bits per heavy atom. The van der Waals surface area contributed by atoms with Gasteiger partial charge < -0.3 is 23.6 Å². The number of hydrogen-bond donors (Lipinski definition) is 1. The zero-order chi connectivity index (χ0) is 28.6. The van der Waals surface area contributed by atoms with Gasteiger partial charge in [0.05, 0.1) is 42.1 Å². The van der Waals surface area contributed by atoms with Gasteiger partial charge in [-0.05, 0) is 75.2 Å². The lowest BCUT2D eigenvalue weighted by atomic mass is 9.93. The summed E-state index contributed by atoms with van der Waals surface area (Å²) in [6, 6.07) is 17.3. The number of carboxylic acid groups (broad SMARTS) is 1. The Morgan fingerprint density at radius 2 is 1.93 bits per heavy atom. The topological polar surface area (TPSA) is 103 Å². The van der Waals surface area contributed by atoms with Gasteiger partial charge in [0.2, 0.25) is 5.88 Å². The lowest BCUT2D eigenvalue weighted by Crippen LogP contribution is -2.35. The minimum absolute atomic E-state index is 0.150. The van der Waals surface area contributed by atoms with E-state index in [1.54, 1.807) is 18.4 Å². The van der Waals surface area contributed by atoms with Crippen LogP contribution in [0.2, 0.25) is 0 Å². The summed E-state index contributed by atoms with van der Waals surface area (Å²) in [6.07, 6.45) is 4.88. The molecule has 2 aliphatic heterocycles. The molecule has 5 aromatic rings. The minimum Gasteiger partial charge on any atom is -0.478 e. The number of furan rings is 1. The van der Waals surface area contributed by atoms with Crippen LogP contribution in [0.25, 0.3) is 22.0 Å². The summed E-state index contributed by atoms with van der Waals surface area (Å²) in [5.41, 5.74) is 6.08. The highest BCUT2D eigenvalue weighted by Gasteiger charge is 2.26. The molecule has 0 bridgehead atoms. The largest absolute Gasteiger partial charge is 0.478 e. The predicted octanol–water partition coefficient (Wildman–Crippen LogP) is 5.93. The zero-order valence-corrected chi connectivity index (χ0v) is 23.7. The number of nitrogens with zero attached hydrogens (tertiary/aromatic N) is 4. The summed E-state index contributed by atoms with van der Waals surface area (Å²) in [7, 11) is 0. The van der Waals surface area contributed by atoms with E-state index in [0.717, 1.165) is 78.0 Å². The molecule has 7 rings (SSSR count). The molecular weight excluding hydrogens is 532 g/mol. The second kappa shape index (κ2) is 11.2. The number of carbonyl (C=O) groups is 1. The molecule has 0 spiro atoms. The van der Waals surface area contributed by atoms with E-state index < -0.39 is 5.97 Å². The van der Waals surface area contributed by atoms with Gasteiger partial charge >= 0.3 is 5.97 Å². The average Bonchev–Trinajstić information content (AvgIpc) is 3.61. The normalized spacial score (nSPS) is 18.0. The zero-order valence-electron chi connectivity index (χ0n) is 23.7. The van der Waals surface area contributed by atoms with Gasteiger partial charge in [-0.2, -0.15) is 0 Å². The van der Waals surface area contributed by atoms with Crippen molar-refractivity contribution >= 4 is 28.0 Å². The number of aryl methyl sites for hydroxylation is 1. The molecule has 2 aromatic carbocycles. The summed E-state index contributed by atoms with van der Waals surface area (Å²) in [4.78, 5) is 23.8. The highest BCUT2D eigenvalue weighted by molar-refractivity contribution is 5.92. The molecule has 0 saturated carbocycles. The Balaban J connectivity index is 1.01. The fourth-order valence-electron chi connectivity index (χ4n) is 6.11.